The molecule has 0 radical (unpaired) electrons. The van der Waals surface area contributed by atoms with E-state index >= 15 is 0 Å². The minimum atomic E-state index is -0.117. The largest absolute Gasteiger partial charge is 0.507 e. The zero-order chi connectivity index (χ0) is 25.6. The molecule has 188 valence electrons. The van der Waals surface area contributed by atoms with Gasteiger partial charge < -0.3 is 14.6 Å². The molecule has 0 atom stereocenters. The highest BCUT2D eigenvalue weighted by Gasteiger charge is 2.54. The maximum atomic E-state index is 11.6. The number of fused-ring (bicyclic) bond motifs is 9. The smallest absolute Gasteiger partial charge is 0.170 e. The molecular weight excluding hydrogens is 456 g/mol. The predicted molar refractivity (Wildman–Crippen MR) is 149 cm³/mol. The van der Waals surface area contributed by atoms with Crippen LogP contribution in [0.5, 0.6) is 23.0 Å². The van der Waals surface area contributed by atoms with Crippen molar-refractivity contribution in [3.8, 4) is 34.1 Å². The lowest BCUT2D eigenvalue weighted by molar-refractivity contribution is 0.0645. The fraction of sp³-hybridized carbons (Fsp3) is 0.353. The Labute approximate surface area is 219 Å². The summed E-state index contributed by atoms with van der Waals surface area (Å²) < 4.78 is 12.5. The van der Waals surface area contributed by atoms with E-state index in [9.17, 15) is 5.11 Å². The highest BCUT2D eigenvalue weighted by atomic mass is 16.5. The first kappa shape index (κ1) is 22.7. The molecule has 1 heterocycles. The van der Waals surface area contributed by atoms with Crippen molar-refractivity contribution in [2.45, 2.75) is 58.8 Å². The fourth-order valence-corrected chi connectivity index (χ4v) is 8.36. The van der Waals surface area contributed by atoms with Crippen molar-refractivity contribution in [1.29, 1.82) is 0 Å². The van der Waals surface area contributed by atoms with Gasteiger partial charge in [-0.2, -0.15) is 0 Å². The van der Waals surface area contributed by atoms with Gasteiger partial charge in [-0.25, -0.2) is 0 Å². The predicted octanol–water partition coefficient (Wildman–Crippen LogP) is 8.78. The van der Waals surface area contributed by atoms with Crippen LogP contribution >= 0.6 is 0 Å². The van der Waals surface area contributed by atoms with Crippen LogP contribution in [0.1, 0.15) is 63.6 Å². The Bertz CT molecular complexity index is 1550. The van der Waals surface area contributed by atoms with Gasteiger partial charge in [0.15, 0.2) is 11.5 Å². The molecule has 1 N–H and O–H groups in total. The molecule has 4 aromatic rings. The van der Waals surface area contributed by atoms with Crippen molar-refractivity contribution in [2.75, 3.05) is 6.61 Å². The molecule has 0 aromatic heterocycles. The molecular formula is C34H34O3. The lowest BCUT2D eigenvalue weighted by Gasteiger charge is -2.51. The zero-order valence-corrected chi connectivity index (χ0v) is 22.2. The summed E-state index contributed by atoms with van der Waals surface area (Å²) in [6.07, 6.45) is 4.15. The van der Waals surface area contributed by atoms with Crippen LogP contribution in [0, 0.1) is 10.8 Å². The summed E-state index contributed by atoms with van der Waals surface area (Å²) in [6.45, 7) is 10.3. The van der Waals surface area contributed by atoms with Gasteiger partial charge in [0.2, 0.25) is 0 Å². The van der Waals surface area contributed by atoms with Crippen LogP contribution in [-0.4, -0.2) is 11.7 Å². The van der Waals surface area contributed by atoms with E-state index in [0.29, 0.717) is 18.1 Å². The van der Waals surface area contributed by atoms with E-state index in [1.165, 1.54) is 28.7 Å². The Morgan fingerprint density at radius 1 is 0.811 bits per heavy atom. The zero-order valence-electron chi connectivity index (χ0n) is 22.2. The van der Waals surface area contributed by atoms with Crippen LogP contribution in [0.3, 0.4) is 0 Å². The standard InChI is InChI=1S/C34H34O3/c1-32(2)18-33(3,4)20-34(19-32)25-13-9-8-12-22(25)30-26(34)17-27(35)24-16-28(37-21-10-6-5-7-11-21)31-23(29(24)30)14-15-36-31/h5-13,16-17,35H,14-15,18-20H2,1-4H3. The first-order valence-electron chi connectivity index (χ1n) is 13.5. The molecule has 4 aromatic carbocycles. The van der Waals surface area contributed by atoms with Crippen LogP contribution in [-0.2, 0) is 11.8 Å². The third-order valence-electron chi connectivity index (χ3n) is 8.74. The van der Waals surface area contributed by atoms with Crippen LogP contribution < -0.4 is 9.47 Å². The van der Waals surface area contributed by atoms with Crippen LogP contribution in [0.15, 0.2) is 66.7 Å². The minimum absolute atomic E-state index is 0.117. The first-order valence-corrected chi connectivity index (χ1v) is 13.5. The maximum absolute atomic E-state index is 11.6. The molecule has 7 rings (SSSR count). The molecule has 0 bridgehead atoms. The van der Waals surface area contributed by atoms with E-state index in [0.717, 1.165) is 47.1 Å². The molecule has 0 amide bonds. The third-order valence-corrected chi connectivity index (χ3v) is 8.74. The van der Waals surface area contributed by atoms with Crippen LogP contribution in [0.2, 0.25) is 0 Å². The van der Waals surface area contributed by atoms with Crippen molar-refractivity contribution >= 4 is 10.8 Å². The number of hydrogen-bond acceptors (Lipinski definition) is 3. The number of phenols is 1. The second-order valence-electron chi connectivity index (χ2n) is 12.9. The molecule has 1 spiro atoms. The van der Waals surface area contributed by atoms with Gasteiger partial charge in [-0.1, -0.05) is 70.2 Å². The molecule has 0 unspecified atom stereocenters. The summed E-state index contributed by atoms with van der Waals surface area (Å²) in [5, 5.41) is 13.6. The molecule has 2 aliphatic carbocycles. The van der Waals surface area contributed by atoms with Gasteiger partial charge in [-0.15, -0.1) is 0 Å². The molecule has 1 saturated carbocycles. The number of hydrogen-bond donors (Lipinski definition) is 1. The Morgan fingerprint density at radius 3 is 2.27 bits per heavy atom. The van der Waals surface area contributed by atoms with E-state index in [4.69, 9.17) is 9.47 Å². The van der Waals surface area contributed by atoms with E-state index < -0.39 is 0 Å². The molecule has 1 fully saturated rings. The van der Waals surface area contributed by atoms with Gasteiger partial charge in [-0.05, 0) is 76.6 Å². The normalized spacial score (nSPS) is 19.8. The minimum Gasteiger partial charge on any atom is -0.507 e. The highest BCUT2D eigenvalue weighted by Crippen LogP contribution is 2.65. The summed E-state index contributed by atoms with van der Waals surface area (Å²) >= 11 is 0. The number of para-hydroxylation sites is 1. The number of aromatic hydroxyl groups is 1. The number of rotatable bonds is 2. The SMILES string of the molecule is CC1(C)CC(C)(C)CC2(C1)c1ccccc1-c1c2cc(O)c2cc(Oc3ccccc3)c3c(c12)CCO3. The molecule has 3 heteroatoms. The third kappa shape index (κ3) is 3.32. The number of phenolic OH excluding ortho intramolecular Hbond substituents is 1. The molecule has 3 aliphatic rings. The second kappa shape index (κ2) is 7.54. The fourth-order valence-electron chi connectivity index (χ4n) is 8.36. The van der Waals surface area contributed by atoms with Gasteiger partial charge in [0.05, 0.1) is 6.61 Å². The maximum Gasteiger partial charge on any atom is 0.170 e. The van der Waals surface area contributed by atoms with Gasteiger partial charge in [0.1, 0.15) is 11.5 Å². The van der Waals surface area contributed by atoms with E-state index in [1.807, 2.05) is 36.4 Å². The Hall–Kier alpha value is -3.46. The topological polar surface area (TPSA) is 38.7 Å². The van der Waals surface area contributed by atoms with Gasteiger partial charge in [-0.3, -0.25) is 0 Å². The van der Waals surface area contributed by atoms with E-state index in [2.05, 4.69) is 58.0 Å². The van der Waals surface area contributed by atoms with Gasteiger partial charge in [0, 0.05) is 28.2 Å². The Balaban J connectivity index is 1.53. The molecule has 37 heavy (non-hydrogen) atoms. The van der Waals surface area contributed by atoms with Gasteiger partial charge >= 0.3 is 0 Å². The summed E-state index contributed by atoms with van der Waals surface area (Å²) in [5.41, 5.74) is 6.71. The van der Waals surface area contributed by atoms with Crippen molar-refractivity contribution in [3.05, 3.63) is 83.4 Å². The Morgan fingerprint density at radius 2 is 1.51 bits per heavy atom. The second-order valence-corrected chi connectivity index (χ2v) is 12.9. The average molecular weight is 491 g/mol. The summed E-state index contributed by atoms with van der Waals surface area (Å²) in [6, 6.07) is 22.8. The first-order chi connectivity index (χ1) is 17.7. The van der Waals surface area contributed by atoms with E-state index in [-0.39, 0.29) is 16.2 Å². The van der Waals surface area contributed by atoms with Crippen LogP contribution in [0.25, 0.3) is 21.9 Å². The quantitative estimate of drug-likeness (QED) is 0.305. The lowest BCUT2D eigenvalue weighted by Crippen LogP contribution is -2.43. The van der Waals surface area contributed by atoms with Crippen molar-refractivity contribution < 1.29 is 14.6 Å². The summed E-state index contributed by atoms with van der Waals surface area (Å²) in [5.74, 6) is 2.57. The number of ether oxygens (including phenoxy) is 2. The summed E-state index contributed by atoms with van der Waals surface area (Å²) in [7, 11) is 0. The molecule has 3 nitrogen and oxygen atoms in total. The monoisotopic (exact) mass is 490 g/mol. The number of benzene rings is 4. The summed E-state index contributed by atoms with van der Waals surface area (Å²) in [4.78, 5) is 0. The molecule has 1 aliphatic heterocycles. The average Bonchev–Trinajstić information content (AvgIpc) is 3.41. The Kier molecular flexibility index (Phi) is 4.63. The van der Waals surface area contributed by atoms with Crippen LogP contribution in [0.4, 0.5) is 0 Å². The van der Waals surface area contributed by atoms with E-state index in [1.54, 1.807) is 0 Å². The van der Waals surface area contributed by atoms with Gasteiger partial charge in [0.25, 0.3) is 0 Å². The van der Waals surface area contributed by atoms with Crippen molar-refractivity contribution in [2.24, 2.45) is 10.8 Å². The van der Waals surface area contributed by atoms with Crippen molar-refractivity contribution in [1.82, 2.24) is 0 Å². The van der Waals surface area contributed by atoms with Crippen molar-refractivity contribution in [3.63, 3.8) is 0 Å². The molecule has 0 saturated heterocycles. The highest BCUT2D eigenvalue weighted by molar-refractivity contribution is 6.08. The lowest BCUT2D eigenvalue weighted by atomic mass is 9.52.